The molecule has 0 unspecified atom stereocenters. The lowest BCUT2D eigenvalue weighted by molar-refractivity contribution is 0.629. The fraction of sp³-hybridized carbons (Fsp3) is 0.125. The molecular weight excluding hydrogens is 267 g/mol. The van der Waals surface area contributed by atoms with Crippen LogP contribution in [0.3, 0.4) is 0 Å². The molecule has 4 nitrogen and oxygen atoms in total. The van der Waals surface area contributed by atoms with E-state index < -0.39 is 0 Å². The highest BCUT2D eigenvalue weighted by molar-refractivity contribution is 5.61. The maximum atomic E-state index is 13.7. The molecule has 0 radical (unpaired) electrons. The van der Waals surface area contributed by atoms with E-state index in [1.165, 1.54) is 6.07 Å². The Morgan fingerprint density at radius 3 is 2.71 bits per heavy atom. The first-order valence-corrected chi connectivity index (χ1v) is 6.69. The first-order chi connectivity index (χ1) is 10.2. The van der Waals surface area contributed by atoms with E-state index >= 15 is 0 Å². The molecule has 2 aromatic carbocycles. The van der Waals surface area contributed by atoms with Gasteiger partial charge in [-0.1, -0.05) is 36.4 Å². The van der Waals surface area contributed by atoms with Crippen molar-refractivity contribution in [3.8, 4) is 11.3 Å². The molecule has 3 aromatic rings. The molecule has 0 aliphatic rings. The predicted molar refractivity (Wildman–Crippen MR) is 80.3 cm³/mol. The highest BCUT2D eigenvalue weighted by atomic mass is 19.1. The van der Waals surface area contributed by atoms with Gasteiger partial charge in [-0.3, -0.25) is 0 Å². The van der Waals surface area contributed by atoms with Crippen LogP contribution in [0.15, 0.2) is 48.5 Å². The van der Waals surface area contributed by atoms with Crippen LogP contribution < -0.4 is 5.32 Å². The number of H-pyrrole nitrogens is 1. The van der Waals surface area contributed by atoms with E-state index in [0.29, 0.717) is 12.2 Å². The second-order valence-corrected chi connectivity index (χ2v) is 4.82. The van der Waals surface area contributed by atoms with Gasteiger partial charge in [0.1, 0.15) is 17.2 Å². The number of benzene rings is 2. The van der Waals surface area contributed by atoms with Crippen molar-refractivity contribution in [1.82, 2.24) is 15.4 Å². The summed E-state index contributed by atoms with van der Waals surface area (Å²) in [5.74, 6) is -0.273. The van der Waals surface area contributed by atoms with Gasteiger partial charge in [0.25, 0.3) is 0 Å². The number of aromatic amines is 1. The summed E-state index contributed by atoms with van der Waals surface area (Å²) in [6.45, 7) is 2.33. The minimum Gasteiger partial charge on any atom is -0.377 e. The molecule has 0 saturated heterocycles. The van der Waals surface area contributed by atoms with Crippen molar-refractivity contribution >= 4 is 5.69 Å². The van der Waals surface area contributed by atoms with Gasteiger partial charge in [0.05, 0.1) is 12.2 Å². The summed E-state index contributed by atoms with van der Waals surface area (Å²) in [6.07, 6.45) is 0. The summed E-state index contributed by atoms with van der Waals surface area (Å²) < 4.78 is 13.7. The summed E-state index contributed by atoms with van der Waals surface area (Å²) >= 11 is 0. The van der Waals surface area contributed by atoms with Crippen molar-refractivity contribution in [2.75, 3.05) is 5.32 Å². The summed E-state index contributed by atoms with van der Waals surface area (Å²) in [6, 6.07) is 14.7. The zero-order valence-corrected chi connectivity index (χ0v) is 11.6. The number of aromatic nitrogens is 3. The zero-order valence-electron chi connectivity index (χ0n) is 11.6. The molecule has 21 heavy (non-hydrogen) atoms. The third-order valence-corrected chi connectivity index (χ3v) is 3.24. The number of aryl methyl sites for hydroxylation is 1. The quantitative estimate of drug-likeness (QED) is 0.769. The van der Waals surface area contributed by atoms with Gasteiger partial charge in [0, 0.05) is 5.56 Å². The Morgan fingerprint density at radius 2 is 1.90 bits per heavy atom. The van der Waals surface area contributed by atoms with Crippen LogP contribution in [0, 0.1) is 12.7 Å². The first kappa shape index (κ1) is 13.3. The van der Waals surface area contributed by atoms with Crippen LogP contribution in [0.4, 0.5) is 10.1 Å². The summed E-state index contributed by atoms with van der Waals surface area (Å²) in [5.41, 5.74) is 3.98. The molecule has 0 aliphatic heterocycles. The highest BCUT2D eigenvalue weighted by Gasteiger charge is 2.10. The smallest absolute Gasteiger partial charge is 0.146 e. The van der Waals surface area contributed by atoms with Crippen LogP contribution >= 0.6 is 0 Å². The van der Waals surface area contributed by atoms with Gasteiger partial charge in [0.2, 0.25) is 0 Å². The molecule has 1 aromatic heterocycles. The number of anilines is 1. The van der Waals surface area contributed by atoms with Crippen molar-refractivity contribution in [2.24, 2.45) is 0 Å². The van der Waals surface area contributed by atoms with Gasteiger partial charge in [-0.2, -0.15) is 15.4 Å². The fourth-order valence-corrected chi connectivity index (χ4v) is 2.16. The highest BCUT2D eigenvalue weighted by Crippen LogP contribution is 2.21. The summed E-state index contributed by atoms with van der Waals surface area (Å²) in [5, 5.41) is 14.0. The minimum absolute atomic E-state index is 0.273. The Bertz CT molecular complexity index is 737. The third-order valence-electron chi connectivity index (χ3n) is 3.24. The van der Waals surface area contributed by atoms with Crippen molar-refractivity contribution in [1.29, 1.82) is 0 Å². The molecule has 5 heteroatoms. The molecule has 106 valence electrons. The lowest BCUT2D eigenvalue weighted by atomic mass is 10.1. The molecule has 2 N–H and O–H groups in total. The first-order valence-electron chi connectivity index (χ1n) is 6.69. The van der Waals surface area contributed by atoms with E-state index in [0.717, 1.165) is 22.5 Å². The fourth-order valence-electron chi connectivity index (χ4n) is 2.16. The van der Waals surface area contributed by atoms with Crippen LogP contribution in [-0.4, -0.2) is 15.4 Å². The lowest BCUT2D eigenvalue weighted by Crippen LogP contribution is -2.03. The third kappa shape index (κ3) is 2.91. The molecule has 0 spiro atoms. The summed E-state index contributed by atoms with van der Waals surface area (Å²) in [7, 11) is 0. The van der Waals surface area contributed by atoms with E-state index in [2.05, 4.69) is 20.7 Å². The van der Waals surface area contributed by atoms with Gasteiger partial charge in [-0.05, 0) is 24.6 Å². The minimum atomic E-state index is -0.273. The van der Waals surface area contributed by atoms with Crippen molar-refractivity contribution in [3.63, 3.8) is 0 Å². The SMILES string of the molecule is Cc1ccc(F)c(NCc2n[nH]nc2-c2ccccc2)c1. The van der Waals surface area contributed by atoms with E-state index in [1.807, 2.05) is 37.3 Å². The molecule has 1 heterocycles. The van der Waals surface area contributed by atoms with Crippen molar-refractivity contribution in [3.05, 3.63) is 65.6 Å². The lowest BCUT2D eigenvalue weighted by Gasteiger charge is -2.07. The number of hydrogen-bond donors (Lipinski definition) is 2. The van der Waals surface area contributed by atoms with E-state index in [-0.39, 0.29) is 5.82 Å². The van der Waals surface area contributed by atoms with Crippen LogP contribution in [0.1, 0.15) is 11.3 Å². The Kier molecular flexibility index (Phi) is 3.64. The monoisotopic (exact) mass is 282 g/mol. The molecule has 3 rings (SSSR count). The Hall–Kier alpha value is -2.69. The Balaban J connectivity index is 1.81. The van der Waals surface area contributed by atoms with E-state index in [1.54, 1.807) is 12.1 Å². The maximum Gasteiger partial charge on any atom is 0.146 e. The molecular formula is C16H15FN4. The number of hydrogen-bond acceptors (Lipinski definition) is 3. The Labute approximate surface area is 122 Å². The van der Waals surface area contributed by atoms with E-state index in [4.69, 9.17) is 0 Å². The molecule has 0 amide bonds. The van der Waals surface area contributed by atoms with Gasteiger partial charge >= 0.3 is 0 Å². The molecule has 0 atom stereocenters. The van der Waals surface area contributed by atoms with Crippen molar-refractivity contribution < 1.29 is 4.39 Å². The average molecular weight is 282 g/mol. The topological polar surface area (TPSA) is 53.6 Å². The normalized spacial score (nSPS) is 10.6. The molecule has 0 fully saturated rings. The average Bonchev–Trinajstić information content (AvgIpc) is 2.97. The van der Waals surface area contributed by atoms with Crippen molar-refractivity contribution in [2.45, 2.75) is 13.5 Å². The zero-order chi connectivity index (χ0) is 14.7. The van der Waals surface area contributed by atoms with Gasteiger partial charge in [0.15, 0.2) is 0 Å². The maximum absolute atomic E-state index is 13.7. The van der Waals surface area contributed by atoms with E-state index in [9.17, 15) is 4.39 Å². The molecule has 0 saturated carbocycles. The molecule has 0 bridgehead atoms. The van der Waals surface area contributed by atoms with Gasteiger partial charge in [-0.15, -0.1) is 0 Å². The standard InChI is InChI=1S/C16H15FN4/c1-11-7-8-13(17)14(9-11)18-10-15-16(20-21-19-15)12-5-3-2-4-6-12/h2-9,18H,10H2,1H3,(H,19,20,21). The van der Waals surface area contributed by atoms with Crippen LogP contribution in [0.2, 0.25) is 0 Å². The number of halogens is 1. The van der Waals surface area contributed by atoms with Crippen LogP contribution in [0.5, 0.6) is 0 Å². The second-order valence-electron chi connectivity index (χ2n) is 4.82. The molecule has 0 aliphatic carbocycles. The Morgan fingerprint density at radius 1 is 1.10 bits per heavy atom. The number of nitrogens with one attached hydrogen (secondary N) is 2. The van der Waals surface area contributed by atoms with Crippen LogP contribution in [-0.2, 0) is 6.54 Å². The summed E-state index contributed by atoms with van der Waals surface area (Å²) in [4.78, 5) is 0. The van der Waals surface area contributed by atoms with Gasteiger partial charge < -0.3 is 5.32 Å². The second kappa shape index (κ2) is 5.75. The van der Waals surface area contributed by atoms with Gasteiger partial charge in [-0.25, -0.2) is 4.39 Å². The number of rotatable bonds is 4. The van der Waals surface area contributed by atoms with Crippen LogP contribution in [0.25, 0.3) is 11.3 Å². The largest absolute Gasteiger partial charge is 0.377 e. The number of nitrogens with zero attached hydrogens (tertiary/aromatic N) is 2. The predicted octanol–water partition coefficient (Wildman–Crippen LogP) is 3.53.